The van der Waals surface area contributed by atoms with Crippen LogP contribution in [0.1, 0.15) is 51.2 Å². The molecule has 40 heavy (non-hydrogen) atoms. The fourth-order valence-electron chi connectivity index (χ4n) is 5.41. The van der Waals surface area contributed by atoms with Gasteiger partial charge >= 0.3 is 12.2 Å². The van der Waals surface area contributed by atoms with Crippen LogP contribution in [0.25, 0.3) is 0 Å². The standard InChI is InChI=1S/C30H36F2N2O6/c1-30(2,3)40-28(37)33-12-8-7-11-25(33)26(35)24(16-20-13-21(31)17-22(32)14-20)27(36)34-23(18-39-29(34)38)15-19-9-5-4-6-10-19/h4-6,9-10,13-14,17,23-26,35H,7-8,11-12,15-16,18H2,1-3H3/t23-,24-,25?,26-/m0/s1. The van der Waals surface area contributed by atoms with Crippen molar-refractivity contribution in [2.24, 2.45) is 5.92 Å². The molecule has 216 valence electrons. The van der Waals surface area contributed by atoms with Gasteiger partial charge in [0.05, 0.1) is 24.1 Å². The first-order valence-electron chi connectivity index (χ1n) is 13.6. The van der Waals surface area contributed by atoms with Gasteiger partial charge in [0.15, 0.2) is 0 Å². The molecule has 2 aliphatic heterocycles. The van der Waals surface area contributed by atoms with Crippen molar-refractivity contribution in [1.29, 1.82) is 0 Å². The molecule has 0 radical (unpaired) electrons. The van der Waals surface area contributed by atoms with Crippen LogP contribution < -0.4 is 0 Å². The molecule has 2 aromatic rings. The van der Waals surface area contributed by atoms with Crippen molar-refractivity contribution in [2.75, 3.05) is 13.2 Å². The van der Waals surface area contributed by atoms with Crippen molar-refractivity contribution in [3.05, 3.63) is 71.3 Å². The third-order valence-corrected chi connectivity index (χ3v) is 7.19. The minimum atomic E-state index is -1.45. The molecule has 2 aliphatic rings. The molecule has 2 heterocycles. The summed E-state index contributed by atoms with van der Waals surface area (Å²) in [4.78, 5) is 42.3. The molecule has 8 nitrogen and oxygen atoms in total. The maximum Gasteiger partial charge on any atom is 0.416 e. The number of carbonyl (C=O) groups excluding carboxylic acids is 3. The van der Waals surface area contributed by atoms with E-state index in [4.69, 9.17) is 9.47 Å². The van der Waals surface area contributed by atoms with E-state index in [1.54, 1.807) is 20.8 Å². The summed E-state index contributed by atoms with van der Waals surface area (Å²) in [6.45, 7) is 5.49. The molecule has 0 saturated carbocycles. The number of nitrogens with zero attached hydrogens (tertiary/aromatic N) is 2. The number of cyclic esters (lactones) is 1. The Hall–Kier alpha value is -3.53. The number of ether oxygens (including phenoxy) is 2. The van der Waals surface area contributed by atoms with Gasteiger partial charge in [-0.15, -0.1) is 0 Å². The lowest BCUT2D eigenvalue weighted by atomic mass is 9.84. The summed E-state index contributed by atoms with van der Waals surface area (Å²) in [6, 6.07) is 10.7. The largest absolute Gasteiger partial charge is 0.447 e. The number of imide groups is 1. The molecule has 4 rings (SSSR count). The Morgan fingerprint density at radius 3 is 2.40 bits per heavy atom. The average Bonchev–Trinajstić information content (AvgIpc) is 3.25. The Labute approximate surface area is 232 Å². The molecular formula is C30H36F2N2O6. The van der Waals surface area contributed by atoms with Crippen LogP contribution in [0.3, 0.4) is 0 Å². The minimum Gasteiger partial charge on any atom is -0.447 e. The lowest BCUT2D eigenvalue weighted by Crippen LogP contribution is -2.56. The highest BCUT2D eigenvalue weighted by atomic mass is 19.1. The highest BCUT2D eigenvalue weighted by Crippen LogP contribution is 2.30. The quantitative estimate of drug-likeness (QED) is 0.521. The summed E-state index contributed by atoms with van der Waals surface area (Å²) >= 11 is 0. The molecule has 4 atom stereocenters. The van der Waals surface area contributed by atoms with Gasteiger partial charge in [0.1, 0.15) is 23.8 Å². The zero-order valence-corrected chi connectivity index (χ0v) is 23.0. The summed E-state index contributed by atoms with van der Waals surface area (Å²) in [6.07, 6.45) is -1.06. The summed E-state index contributed by atoms with van der Waals surface area (Å²) < 4.78 is 39.0. The Morgan fingerprint density at radius 2 is 1.75 bits per heavy atom. The second-order valence-electron chi connectivity index (χ2n) is 11.4. The van der Waals surface area contributed by atoms with Crippen LogP contribution in [-0.2, 0) is 27.1 Å². The third-order valence-electron chi connectivity index (χ3n) is 7.19. The van der Waals surface area contributed by atoms with Crippen molar-refractivity contribution in [3.63, 3.8) is 0 Å². The highest BCUT2D eigenvalue weighted by molar-refractivity contribution is 5.95. The number of aliphatic hydroxyl groups excluding tert-OH is 1. The maximum atomic E-state index is 14.1. The number of rotatable bonds is 7. The lowest BCUT2D eigenvalue weighted by Gasteiger charge is -2.41. The van der Waals surface area contributed by atoms with E-state index >= 15 is 0 Å². The lowest BCUT2D eigenvalue weighted by molar-refractivity contribution is -0.139. The number of carbonyl (C=O) groups is 3. The molecule has 0 aliphatic carbocycles. The topological polar surface area (TPSA) is 96.4 Å². The van der Waals surface area contributed by atoms with E-state index in [9.17, 15) is 28.3 Å². The van der Waals surface area contributed by atoms with Gasteiger partial charge in [-0.3, -0.25) is 4.79 Å². The Morgan fingerprint density at radius 1 is 1.07 bits per heavy atom. The number of benzene rings is 2. The summed E-state index contributed by atoms with van der Waals surface area (Å²) in [5.41, 5.74) is 0.250. The van der Waals surface area contributed by atoms with Crippen LogP contribution in [0, 0.1) is 17.6 Å². The summed E-state index contributed by atoms with van der Waals surface area (Å²) in [7, 11) is 0. The Bertz CT molecular complexity index is 1200. The van der Waals surface area contributed by atoms with Crippen LogP contribution in [0.5, 0.6) is 0 Å². The molecule has 2 fully saturated rings. The maximum absolute atomic E-state index is 14.1. The molecule has 10 heteroatoms. The van der Waals surface area contributed by atoms with E-state index in [2.05, 4.69) is 0 Å². The van der Waals surface area contributed by atoms with Gasteiger partial charge in [0.25, 0.3) is 0 Å². The number of piperidine rings is 1. The first-order valence-corrected chi connectivity index (χ1v) is 13.6. The number of hydrogen-bond acceptors (Lipinski definition) is 6. The molecular weight excluding hydrogens is 522 g/mol. The van der Waals surface area contributed by atoms with Crippen LogP contribution in [0.15, 0.2) is 48.5 Å². The van der Waals surface area contributed by atoms with Crippen LogP contribution in [0.2, 0.25) is 0 Å². The van der Waals surface area contributed by atoms with Crippen molar-refractivity contribution in [1.82, 2.24) is 9.80 Å². The number of hydrogen-bond donors (Lipinski definition) is 1. The number of likely N-dealkylation sites (tertiary alicyclic amines) is 1. The van der Waals surface area contributed by atoms with Gasteiger partial charge in [-0.25, -0.2) is 23.3 Å². The predicted molar refractivity (Wildman–Crippen MR) is 142 cm³/mol. The van der Waals surface area contributed by atoms with E-state index in [1.165, 1.54) is 4.90 Å². The second kappa shape index (κ2) is 12.3. The van der Waals surface area contributed by atoms with Gasteiger partial charge in [-0.1, -0.05) is 30.3 Å². The summed E-state index contributed by atoms with van der Waals surface area (Å²) in [5, 5.41) is 11.7. The second-order valence-corrected chi connectivity index (χ2v) is 11.4. The van der Waals surface area contributed by atoms with E-state index in [0.717, 1.165) is 28.7 Å². The van der Waals surface area contributed by atoms with E-state index < -0.39 is 59.4 Å². The van der Waals surface area contributed by atoms with Crippen molar-refractivity contribution in [3.8, 4) is 0 Å². The highest BCUT2D eigenvalue weighted by Gasteiger charge is 2.46. The zero-order valence-electron chi connectivity index (χ0n) is 23.0. The normalized spacial score (nSPS) is 21.1. The van der Waals surface area contributed by atoms with Crippen molar-refractivity contribution in [2.45, 2.75) is 76.7 Å². The molecule has 3 amide bonds. The van der Waals surface area contributed by atoms with Gasteiger partial charge in [0.2, 0.25) is 5.91 Å². The molecule has 0 spiro atoms. The Balaban J connectivity index is 1.66. The smallest absolute Gasteiger partial charge is 0.416 e. The molecule has 2 saturated heterocycles. The molecule has 2 aromatic carbocycles. The van der Waals surface area contributed by atoms with E-state index in [-0.39, 0.29) is 18.6 Å². The number of amides is 3. The minimum absolute atomic E-state index is 0.0235. The summed E-state index contributed by atoms with van der Waals surface area (Å²) in [5.74, 6) is -3.67. The fraction of sp³-hybridized carbons (Fsp3) is 0.500. The molecule has 1 N–H and O–H groups in total. The molecule has 1 unspecified atom stereocenters. The monoisotopic (exact) mass is 558 g/mol. The van der Waals surface area contributed by atoms with Crippen LogP contribution >= 0.6 is 0 Å². The van der Waals surface area contributed by atoms with Gasteiger partial charge in [-0.05, 0) is 76.1 Å². The fourth-order valence-corrected chi connectivity index (χ4v) is 5.41. The van der Waals surface area contributed by atoms with Gasteiger partial charge in [-0.2, -0.15) is 0 Å². The van der Waals surface area contributed by atoms with Crippen LogP contribution in [0.4, 0.5) is 18.4 Å². The van der Waals surface area contributed by atoms with Crippen LogP contribution in [-0.4, -0.2) is 69.9 Å². The van der Waals surface area contributed by atoms with E-state index in [0.29, 0.717) is 32.2 Å². The average molecular weight is 559 g/mol. The predicted octanol–water partition coefficient (Wildman–Crippen LogP) is 4.86. The van der Waals surface area contributed by atoms with Gasteiger partial charge < -0.3 is 19.5 Å². The molecule has 0 aromatic heterocycles. The van der Waals surface area contributed by atoms with Crippen molar-refractivity contribution >= 4 is 18.1 Å². The van der Waals surface area contributed by atoms with Crippen molar-refractivity contribution < 1.29 is 37.7 Å². The zero-order chi connectivity index (χ0) is 29.0. The first kappa shape index (κ1) is 29.5. The van der Waals surface area contributed by atoms with Gasteiger partial charge in [0, 0.05) is 12.6 Å². The SMILES string of the molecule is CC(C)(C)OC(=O)N1CCCCC1[C@@H](O)[C@H](Cc1cc(F)cc(F)c1)C(=O)N1C(=O)OC[C@@H]1Cc1ccccc1. The number of halogens is 2. The number of aliphatic hydroxyl groups is 1. The van der Waals surface area contributed by atoms with E-state index in [1.807, 2.05) is 30.3 Å². The Kier molecular flexibility index (Phi) is 9.08. The third kappa shape index (κ3) is 7.15. The first-order chi connectivity index (χ1) is 18.9. The molecule has 0 bridgehead atoms.